The number of aryl methyl sites for hydroxylation is 2. The molecule has 0 fully saturated rings. The van der Waals surface area contributed by atoms with E-state index in [0.717, 1.165) is 23.2 Å². The van der Waals surface area contributed by atoms with Gasteiger partial charge in [0.25, 0.3) is 5.91 Å². The molecule has 10 heteroatoms. The van der Waals surface area contributed by atoms with E-state index in [0.29, 0.717) is 26.6 Å². The number of hydrogen-bond acceptors (Lipinski definition) is 5. The topological polar surface area (TPSA) is 88.9 Å². The summed E-state index contributed by atoms with van der Waals surface area (Å²) in [7, 11) is 1.80. The minimum Gasteiger partial charge on any atom is -0.342 e. The van der Waals surface area contributed by atoms with Crippen LogP contribution < -0.4 is 10.6 Å². The van der Waals surface area contributed by atoms with Crippen molar-refractivity contribution in [3.8, 4) is 0 Å². The maximum absolute atomic E-state index is 12.5. The van der Waals surface area contributed by atoms with Crippen molar-refractivity contribution < 1.29 is 9.59 Å². The molecule has 3 aromatic rings. The Kier molecular flexibility index (Phi) is 8.40. The number of aromatic nitrogens is 3. The van der Waals surface area contributed by atoms with Crippen LogP contribution in [0.2, 0.25) is 10.0 Å². The molecule has 1 aromatic heterocycles. The Labute approximate surface area is 207 Å². The smallest absolute Gasteiger partial charge is 0.251 e. The Morgan fingerprint density at radius 2 is 1.91 bits per heavy atom. The zero-order valence-electron chi connectivity index (χ0n) is 18.8. The number of carbonyl (C=O) groups excluding carboxylic acids is 2. The van der Waals surface area contributed by atoms with Crippen molar-refractivity contribution in [2.24, 2.45) is 7.05 Å². The van der Waals surface area contributed by atoms with Crippen molar-refractivity contribution in [1.29, 1.82) is 0 Å². The molecule has 0 aliphatic heterocycles. The molecule has 7 nitrogen and oxygen atoms in total. The molecule has 0 radical (unpaired) electrons. The molecule has 33 heavy (non-hydrogen) atoms. The van der Waals surface area contributed by atoms with Crippen molar-refractivity contribution in [1.82, 2.24) is 20.1 Å². The van der Waals surface area contributed by atoms with Crippen molar-refractivity contribution in [3.63, 3.8) is 0 Å². The number of rotatable bonds is 8. The van der Waals surface area contributed by atoms with E-state index in [1.165, 1.54) is 17.8 Å². The molecule has 1 heterocycles. The Balaban J connectivity index is 1.61. The standard InChI is InChI=1S/C23H25Cl2N5O2S/c1-5-15-8-6-7-13(2)20(15)27-19(31)12-33-23-29-28-21(30(23)4)14(3)26-22(32)16-9-10-17(24)18(25)11-16/h6-11,14H,5,12H2,1-4H3,(H,26,32)(H,27,31). The molecule has 0 saturated carbocycles. The molecule has 2 aromatic carbocycles. The number of hydrogen-bond donors (Lipinski definition) is 2. The Hall–Kier alpha value is -2.55. The second-order valence-electron chi connectivity index (χ2n) is 7.52. The van der Waals surface area contributed by atoms with Crippen molar-refractivity contribution in [3.05, 3.63) is 69.0 Å². The van der Waals surface area contributed by atoms with Crippen LogP contribution >= 0.6 is 35.0 Å². The summed E-state index contributed by atoms with van der Waals surface area (Å²) in [5, 5.41) is 15.5. The van der Waals surface area contributed by atoms with Crippen LogP contribution in [-0.2, 0) is 18.3 Å². The maximum atomic E-state index is 12.5. The highest BCUT2D eigenvalue weighted by Crippen LogP contribution is 2.25. The van der Waals surface area contributed by atoms with Gasteiger partial charge in [0.1, 0.15) is 0 Å². The first-order valence-corrected chi connectivity index (χ1v) is 12.1. The van der Waals surface area contributed by atoms with Crippen LogP contribution in [0.3, 0.4) is 0 Å². The van der Waals surface area contributed by atoms with E-state index in [4.69, 9.17) is 23.2 Å². The second-order valence-corrected chi connectivity index (χ2v) is 9.28. The third-order valence-electron chi connectivity index (χ3n) is 5.12. The molecule has 174 valence electrons. The van der Waals surface area contributed by atoms with Crippen LogP contribution in [0.1, 0.15) is 47.2 Å². The van der Waals surface area contributed by atoms with E-state index in [1.807, 2.05) is 32.0 Å². The molecule has 0 bridgehead atoms. The fraction of sp³-hybridized carbons (Fsp3) is 0.304. The summed E-state index contributed by atoms with van der Waals surface area (Å²) in [5.41, 5.74) is 3.39. The Morgan fingerprint density at radius 1 is 1.15 bits per heavy atom. The number of halogens is 2. The maximum Gasteiger partial charge on any atom is 0.251 e. The number of nitrogens with zero attached hydrogens (tertiary/aromatic N) is 3. The SMILES string of the molecule is CCc1cccc(C)c1NC(=O)CSc1nnc(C(C)NC(=O)c2ccc(Cl)c(Cl)c2)n1C. The summed E-state index contributed by atoms with van der Waals surface area (Å²) in [6, 6.07) is 10.3. The van der Waals surface area contributed by atoms with Crippen LogP contribution in [0.15, 0.2) is 41.6 Å². The van der Waals surface area contributed by atoms with Gasteiger partial charge in [-0.2, -0.15) is 0 Å². The first-order chi connectivity index (χ1) is 15.7. The number of nitrogens with one attached hydrogen (secondary N) is 2. The average molecular weight is 506 g/mol. The van der Waals surface area contributed by atoms with Crippen molar-refractivity contribution in [2.75, 3.05) is 11.1 Å². The number of amides is 2. The van der Waals surface area contributed by atoms with Crippen LogP contribution in [0.4, 0.5) is 5.69 Å². The van der Waals surface area contributed by atoms with Crippen LogP contribution in [-0.4, -0.2) is 32.3 Å². The monoisotopic (exact) mass is 505 g/mol. The second kappa shape index (κ2) is 11.0. The minimum absolute atomic E-state index is 0.116. The van der Waals surface area contributed by atoms with Gasteiger partial charge in [0, 0.05) is 18.3 Å². The highest BCUT2D eigenvalue weighted by atomic mass is 35.5. The Morgan fingerprint density at radius 3 is 2.61 bits per heavy atom. The van der Waals surface area contributed by atoms with E-state index in [1.54, 1.807) is 23.7 Å². The predicted octanol–water partition coefficient (Wildman–Crippen LogP) is 5.21. The van der Waals surface area contributed by atoms with Gasteiger partial charge in [-0.25, -0.2) is 0 Å². The molecule has 0 aliphatic carbocycles. The number of carbonyl (C=O) groups is 2. The predicted molar refractivity (Wildman–Crippen MR) is 133 cm³/mol. The van der Waals surface area contributed by atoms with Gasteiger partial charge in [-0.15, -0.1) is 10.2 Å². The summed E-state index contributed by atoms with van der Waals surface area (Å²) < 4.78 is 1.77. The summed E-state index contributed by atoms with van der Waals surface area (Å²) in [6.07, 6.45) is 0.836. The molecule has 1 atom stereocenters. The molecular weight excluding hydrogens is 481 g/mol. The van der Waals surface area contributed by atoms with E-state index in [2.05, 4.69) is 27.8 Å². The first-order valence-electron chi connectivity index (χ1n) is 10.4. The van der Waals surface area contributed by atoms with Crippen molar-refractivity contribution >= 4 is 52.5 Å². The van der Waals surface area contributed by atoms with Crippen molar-refractivity contribution in [2.45, 2.75) is 38.4 Å². The largest absolute Gasteiger partial charge is 0.342 e. The summed E-state index contributed by atoms with van der Waals surface area (Å²) in [5.74, 6) is 0.337. The molecule has 1 unspecified atom stereocenters. The molecule has 3 rings (SSSR count). The average Bonchev–Trinajstić information content (AvgIpc) is 3.15. The van der Waals surface area contributed by atoms with E-state index >= 15 is 0 Å². The highest BCUT2D eigenvalue weighted by Gasteiger charge is 2.20. The molecule has 0 saturated heterocycles. The van der Waals surface area contributed by atoms with Gasteiger partial charge in [0.05, 0.1) is 21.8 Å². The quantitative estimate of drug-likeness (QED) is 0.410. The minimum atomic E-state index is -0.410. The van der Waals surface area contributed by atoms with Crippen LogP contribution in [0.5, 0.6) is 0 Å². The first kappa shape index (κ1) is 25.1. The zero-order valence-corrected chi connectivity index (χ0v) is 21.1. The summed E-state index contributed by atoms with van der Waals surface area (Å²) in [4.78, 5) is 25.1. The molecular formula is C23H25Cl2N5O2S. The molecule has 2 amide bonds. The summed E-state index contributed by atoms with van der Waals surface area (Å²) >= 11 is 13.2. The lowest BCUT2D eigenvalue weighted by Crippen LogP contribution is -2.28. The van der Waals surface area contributed by atoms with Crippen LogP contribution in [0.25, 0.3) is 0 Å². The van der Waals surface area contributed by atoms with Gasteiger partial charge >= 0.3 is 0 Å². The van der Waals surface area contributed by atoms with Gasteiger partial charge in [-0.05, 0) is 49.6 Å². The third-order valence-corrected chi connectivity index (χ3v) is 6.88. The molecule has 0 spiro atoms. The molecule has 0 aliphatic rings. The Bertz CT molecular complexity index is 1180. The number of thioether (sulfide) groups is 1. The van der Waals surface area contributed by atoms with E-state index in [9.17, 15) is 9.59 Å². The zero-order chi connectivity index (χ0) is 24.1. The lowest BCUT2D eigenvalue weighted by Gasteiger charge is -2.14. The number of para-hydroxylation sites is 1. The van der Waals surface area contributed by atoms with Gasteiger partial charge in [-0.1, -0.05) is 60.1 Å². The number of benzene rings is 2. The lowest BCUT2D eigenvalue weighted by molar-refractivity contribution is -0.113. The van der Waals surface area contributed by atoms with Gasteiger partial charge in [0.2, 0.25) is 5.91 Å². The fourth-order valence-corrected chi connectivity index (χ4v) is 4.33. The normalized spacial score (nSPS) is 11.8. The van der Waals surface area contributed by atoms with E-state index in [-0.39, 0.29) is 17.6 Å². The molecule has 2 N–H and O–H groups in total. The highest BCUT2D eigenvalue weighted by molar-refractivity contribution is 7.99. The van der Waals surface area contributed by atoms with Gasteiger partial charge in [0.15, 0.2) is 11.0 Å². The van der Waals surface area contributed by atoms with Gasteiger partial charge in [-0.3, -0.25) is 9.59 Å². The van der Waals surface area contributed by atoms with E-state index < -0.39 is 6.04 Å². The van der Waals surface area contributed by atoms with Gasteiger partial charge < -0.3 is 15.2 Å². The summed E-state index contributed by atoms with van der Waals surface area (Å²) in [6.45, 7) is 5.84. The number of anilines is 1. The fourth-order valence-electron chi connectivity index (χ4n) is 3.32. The third kappa shape index (κ3) is 6.07. The lowest BCUT2D eigenvalue weighted by atomic mass is 10.1. The van der Waals surface area contributed by atoms with Crippen LogP contribution in [0, 0.1) is 6.92 Å².